The van der Waals surface area contributed by atoms with E-state index in [1.807, 2.05) is 0 Å². The Labute approximate surface area is 189 Å². The molecule has 3 aromatic rings. The first-order chi connectivity index (χ1) is 16.3. The molecule has 0 saturated carbocycles. The Balaban J connectivity index is 1.34. The summed E-state index contributed by atoms with van der Waals surface area (Å²) in [6, 6.07) is 4.20. The highest BCUT2D eigenvalue weighted by Gasteiger charge is 2.39. The summed E-state index contributed by atoms with van der Waals surface area (Å²) in [6.45, 7) is 0.225. The molecule has 0 bridgehead atoms. The molecule has 0 radical (unpaired) electrons. The summed E-state index contributed by atoms with van der Waals surface area (Å²) >= 11 is 0. The molecular formula is C20H16F2N8O4. The Hall–Kier alpha value is -4.49. The van der Waals surface area contributed by atoms with E-state index in [0.29, 0.717) is 16.8 Å². The van der Waals surface area contributed by atoms with E-state index < -0.39 is 30.0 Å². The van der Waals surface area contributed by atoms with Gasteiger partial charge in [0, 0.05) is 18.5 Å². The number of piperidine rings is 1. The Bertz CT molecular complexity index is 1330. The standard InChI is InChI=1S/C20H16F2N8O4/c21-17(22)16-12(6-23-27-16)24-18(32)13-8-30(28-26-13)10-2-1-9-7-29(20(34)11(9)5-10)14-3-4-15(31)25-19(14)33/h1-2,5-6,8,14,17H,3-4,7H2,(H,23,27)(H,24,32)(H,25,31,33). The number of halogens is 2. The average Bonchev–Trinajstić information content (AvgIpc) is 3.53. The number of anilines is 1. The van der Waals surface area contributed by atoms with Crippen molar-refractivity contribution in [3.63, 3.8) is 0 Å². The average molecular weight is 470 g/mol. The summed E-state index contributed by atoms with van der Waals surface area (Å²) in [4.78, 5) is 50.4. The number of H-pyrrole nitrogens is 1. The van der Waals surface area contributed by atoms with Gasteiger partial charge in [-0.05, 0) is 24.1 Å². The Morgan fingerprint density at radius 2 is 2.06 bits per heavy atom. The highest BCUT2D eigenvalue weighted by atomic mass is 19.3. The van der Waals surface area contributed by atoms with Crippen LogP contribution in [-0.2, 0) is 16.1 Å². The number of aromatic nitrogens is 5. The SMILES string of the molecule is O=C1CCC(N2Cc3ccc(-n4cc(C(=O)Nc5cn[nH]c5C(F)F)nn4)cc3C2=O)C(=O)N1. The van der Waals surface area contributed by atoms with E-state index >= 15 is 0 Å². The minimum Gasteiger partial charge on any atom is -0.322 e. The fourth-order valence-electron chi connectivity index (χ4n) is 3.93. The molecular weight excluding hydrogens is 454 g/mol. The number of rotatable bonds is 5. The molecule has 2 aromatic heterocycles. The van der Waals surface area contributed by atoms with Crippen molar-refractivity contribution in [2.75, 3.05) is 5.32 Å². The Morgan fingerprint density at radius 3 is 2.82 bits per heavy atom. The van der Waals surface area contributed by atoms with Crippen LogP contribution in [0.15, 0.2) is 30.6 Å². The number of benzene rings is 1. The van der Waals surface area contributed by atoms with Crippen molar-refractivity contribution >= 4 is 29.3 Å². The van der Waals surface area contributed by atoms with Crippen molar-refractivity contribution in [2.45, 2.75) is 31.9 Å². The summed E-state index contributed by atoms with van der Waals surface area (Å²) < 4.78 is 27.1. The van der Waals surface area contributed by atoms with Crippen LogP contribution in [-0.4, -0.2) is 59.8 Å². The lowest BCUT2D eigenvalue weighted by molar-refractivity contribution is -0.136. The van der Waals surface area contributed by atoms with Crippen molar-refractivity contribution in [3.05, 3.63) is 53.1 Å². The summed E-state index contributed by atoms with van der Waals surface area (Å²) in [7, 11) is 0. The van der Waals surface area contributed by atoms with E-state index in [1.54, 1.807) is 18.2 Å². The first-order valence-corrected chi connectivity index (χ1v) is 10.1. The van der Waals surface area contributed by atoms with E-state index in [2.05, 4.69) is 31.1 Å². The zero-order valence-electron chi connectivity index (χ0n) is 17.3. The maximum atomic E-state index is 13.0. The zero-order chi connectivity index (χ0) is 24.0. The number of carbonyl (C=O) groups excluding carboxylic acids is 4. The highest BCUT2D eigenvalue weighted by Crippen LogP contribution is 2.29. The van der Waals surface area contributed by atoms with Gasteiger partial charge in [-0.1, -0.05) is 11.3 Å². The van der Waals surface area contributed by atoms with Crippen LogP contribution in [0.4, 0.5) is 14.5 Å². The van der Waals surface area contributed by atoms with Crippen LogP contribution in [0, 0.1) is 0 Å². The minimum atomic E-state index is -2.85. The van der Waals surface area contributed by atoms with Crippen molar-refractivity contribution in [1.82, 2.24) is 35.4 Å². The van der Waals surface area contributed by atoms with Crippen LogP contribution in [0.2, 0.25) is 0 Å². The van der Waals surface area contributed by atoms with Gasteiger partial charge in [-0.25, -0.2) is 13.5 Å². The molecule has 4 heterocycles. The van der Waals surface area contributed by atoms with Gasteiger partial charge < -0.3 is 10.2 Å². The van der Waals surface area contributed by atoms with E-state index in [4.69, 9.17) is 0 Å². The molecule has 4 amide bonds. The summed E-state index contributed by atoms with van der Waals surface area (Å²) in [5.41, 5.74) is 0.656. The molecule has 14 heteroatoms. The number of carbonyl (C=O) groups is 4. The van der Waals surface area contributed by atoms with Gasteiger partial charge in [0.2, 0.25) is 11.8 Å². The normalized spacial score (nSPS) is 17.8. The van der Waals surface area contributed by atoms with Crippen molar-refractivity contribution in [3.8, 4) is 5.69 Å². The van der Waals surface area contributed by atoms with Crippen LogP contribution in [0.25, 0.3) is 5.69 Å². The first-order valence-electron chi connectivity index (χ1n) is 10.1. The van der Waals surface area contributed by atoms with E-state index in [0.717, 1.165) is 6.20 Å². The quantitative estimate of drug-likeness (QED) is 0.469. The van der Waals surface area contributed by atoms with Crippen molar-refractivity contribution < 1.29 is 28.0 Å². The highest BCUT2D eigenvalue weighted by molar-refractivity contribution is 6.05. The molecule has 12 nitrogen and oxygen atoms in total. The number of hydrogen-bond acceptors (Lipinski definition) is 7. The molecule has 1 unspecified atom stereocenters. The lowest BCUT2D eigenvalue weighted by atomic mass is 10.0. The maximum Gasteiger partial charge on any atom is 0.281 e. The van der Waals surface area contributed by atoms with Gasteiger partial charge in [-0.3, -0.25) is 29.6 Å². The number of nitrogens with one attached hydrogen (secondary N) is 3. The number of amides is 4. The molecule has 1 saturated heterocycles. The molecule has 1 aromatic carbocycles. The Kier molecular flexibility index (Phi) is 5.11. The third-order valence-electron chi connectivity index (χ3n) is 5.64. The summed E-state index contributed by atoms with van der Waals surface area (Å²) in [5.74, 6) is -1.99. The smallest absolute Gasteiger partial charge is 0.281 e. The Morgan fingerprint density at radius 1 is 1.24 bits per heavy atom. The predicted octanol–water partition coefficient (Wildman–Crippen LogP) is 0.941. The number of fused-ring (bicyclic) bond motifs is 1. The lowest BCUT2D eigenvalue weighted by Crippen LogP contribution is -2.52. The maximum absolute atomic E-state index is 13.0. The van der Waals surface area contributed by atoms with Gasteiger partial charge in [0.1, 0.15) is 11.7 Å². The predicted molar refractivity (Wildman–Crippen MR) is 109 cm³/mol. The van der Waals surface area contributed by atoms with Crippen LogP contribution in [0.1, 0.15) is 51.4 Å². The molecule has 2 aliphatic rings. The summed E-state index contributed by atoms with van der Waals surface area (Å²) in [5, 5.41) is 17.8. The topological polar surface area (TPSA) is 155 Å². The number of nitrogens with zero attached hydrogens (tertiary/aromatic N) is 5. The van der Waals surface area contributed by atoms with Crippen molar-refractivity contribution in [2.24, 2.45) is 0 Å². The van der Waals surface area contributed by atoms with Crippen LogP contribution < -0.4 is 10.6 Å². The molecule has 34 heavy (non-hydrogen) atoms. The number of aromatic amines is 1. The summed E-state index contributed by atoms with van der Waals surface area (Å²) in [6.07, 6.45) is -0.0932. The lowest BCUT2D eigenvalue weighted by Gasteiger charge is -2.29. The van der Waals surface area contributed by atoms with E-state index in [1.165, 1.54) is 15.8 Å². The third-order valence-corrected chi connectivity index (χ3v) is 5.64. The third kappa shape index (κ3) is 3.68. The molecule has 3 N–H and O–H groups in total. The number of imide groups is 1. The molecule has 2 aliphatic heterocycles. The molecule has 1 fully saturated rings. The fraction of sp³-hybridized carbons (Fsp3) is 0.250. The van der Waals surface area contributed by atoms with Crippen LogP contribution in [0.5, 0.6) is 0 Å². The number of alkyl halides is 2. The second-order valence-corrected chi connectivity index (χ2v) is 7.74. The fourth-order valence-corrected chi connectivity index (χ4v) is 3.93. The minimum absolute atomic E-state index is 0.140. The van der Waals surface area contributed by atoms with E-state index in [9.17, 15) is 28.0 Å². The molecule has 1 atom stereocenters. The van der Waals surface area contributed by atoms with Gasteiger partial charge in [-0.2, -0.15) is 5.10 Å². The molecule has 0 aliphatic carbocycles. The largest absolute Gasteiger partial charge is 0.322 e. The second-order valence-electron chi connectivity index (χ2n) is 7.74. The van der Waals surface area contributed by atoms with Gasteiger partial charge in [0.25, 0.3) is 18.2 Å². The van der Waals surface area contributed by atoms with Crippen LogP contribution >= 0.6 is 0 Å². The zero-order valence-corrected chi connectivity index (χ0v) is 17.3. The van der Waals surface area contributed by atoms with Crippen LogP contribution in [0.3, 0.4) is 0 Å². The van der Waals surface area contributed by atoms with Gasteiger partial charge in [0.05, 0.1) is 23.8 Å². The number of hydrogen-bond donors (Lipinski definition) is 3. The van der Waals surface area contributed by atoms with E-state index in [-0.39, 0.29) is 42.6 Å². The monoisotopic (exact) mass is 470 g/mol. The second kappa shape index (κ2) is 8.13. The van der Waals surface area contributed by atoms with Gasteiger partial charge in [0.15, 0.2) is 5.69 Å². The molecule has 0 spiro atoms. The molecule has 174 valence electrons. The molecule has 5 rings (SSSR count). The first kappa shape index (κ1) is 21.4. The van der Waals surface area contributed by atoms with Gasteiger partial charge >= 0.3 is 0 Å². The van der Waals surface area contributed by atoms with Crippen molar-refractivity contribution in [1.29, 1.82) is 0 Å². The van der Waals surface area contributed by atoms with Gasteiger partial charge in [-0.15, -0.1) is 5.10 Å².